The summed E-state index contributed by atoms with van der Waals surface area (Å²) in [6.45, 7) is 2.74. The van der Waals surface area contributed by atoms with Gasteiger partial charge in [0.05, 0.1) is 7.11 Å². The first kappa shape index (κ1) is 17.5. The molecule has 1 aromatic heterocycles. The van der Waals surface area contributed by atoms with Crippen LogP contribution in [0.5, 0.6) is 0 Å². The maximum Gasteiger partial charge on any atom is 0.354 e. The normalized spacial score (nSPS) is 18.6. The fraction of sp³-hybridized carbons (Fsp3) is 0.625. The van der Waals surface area contributed by atoms with E-state index in [-0.39, 0.29) is 11.9 Å². The standard InChI is InChI=1S/C16H26N4O3/c1-23-16(22)14-6-5-12(19-14)11-20-9-3-2-4-13(20)10-18-15(21)7-8-17/h5-6,13,19H,2-4,7-11,17H2,1H3,(H,18,21). The zero-order valence-corrected chi connectivity index (χ0v) is 13.6. The number of carbonyl (C=O) groups excluding carboxylic acids is 2. The van der Waals surface area contributed by atoms with Crippen molar-refractivity contribution in [2.24, 2.45) is 5.73 Å². The van der Waals surface area contributed by atoms with E-state index in [0.717, 1.165) is 31.6 Å². The van der Waals surface area contributed by atoms with Crippen molar-refractivity contribution in [1.82, 2.24) is 15.2 Å². The molecule has 23 heavy (non-hydrogen) atoms. The van der Waals surface area contributed by atoms with Crippen LogP contribution >= 0.6 is 0 Å². The van der Waals surface area contributed by atoms with Crippen LogP contribution in [0.4, 0.5) is 0 Å². The van der Waals surface area contributed by atoms with Crippen molar-refractivity contribution >= 4 is 11.9 Å². The Morgan fingerprint density at radius 1 is 1.43 bits per heavy atom. The zero-order valence-electron chi connectivity index (χ0n) is 13.6. The first-order chi connectivity index (χ1) is 11.1. The number of ether oxygens (including phenoxy) is 1. The maximum atomic E-state index is 11.6. The second-order valence-electron chi connectivity index (χ2n) is 5.85. The van der Waals surface area contributed by atoms with Crippen LogP contribution in [0, 0.1) is 0 Å². The summed E-state index contributed by atoms with van der Waals surface area (Å²) < 4.78 is 4.71. The van der Waals surface area contributed by atoms with Crippen LogP contribution in [0.3, 0.4) is 0 Å². The van der Waals surface area contributed by atoms with Crippen LogP contribution in [0.2, 0.25) is 0 Å². The molecule has 0 spiro atoms. The summed E-state index contributed by atoms with van der Waals surface area (Å²) >= 11 is 0. The summed E-state index contributed by atoms with van der Waals surface area (Å²) in [5, 5.41) is 2.96. The average Bonchev–Trinajstić information content (AvgIpc) is 3.02. The van der Waals surface area contributed by atoms with E-state index >= 15 is 0 Å². The molecule has 2 rings (SSSR count). The minimum absolute atomic E-state index is 0.00544. The van der Waals surface area contributed by atoms with E-state index in [1.165, 1.54) is 13.5 Å². The van der Waals surface area contributed by atoms with Gasteiger partial charge >= 0.3 is 5.97 Å². The lowest BCUT2D eigenvalue weighted by atomic mass is 10.0. The molecule has 4 N–H and O–H groups in total. The molecule has 1 saturated heterocycles. The highest BCUT2D eigenvalue weighted by atomic mass is 16.5. The van der Waals surface area contributed by atoms with Gasteiger partial charge in [-0.2, -0.15) is 0 Å². The third-order valence-corrected chi connectivity index (χ3v) is 4.18. The van der Waals surface area contributed by atoms with Crippen LogP contribution in [0.1, 0.15) is 41.9 Å². The highest BCUT2D eigenvalue weighted by Gasteiger charge is 2.23. The molecule has 0 aliphatic carbocycles. The molecule has 7 heteroatoms. The summed E-state index contributed by atoms with van der Waals surface area (Å²) in [6.07, 6.45) is 3.75. The van der Waals surface area contributed by atoms with Gasteiger partial charge < -0.3 is 20.8 Å². The lowest BCUT2D eigenvalue weighted by Crippen LogP contribution is -2.46. The van der Waals surface area contributed by atoms with Crippen LogP contribution in [0.15, 0.2) is 12.1 Å². The predicted octanol–water partition coefficient (Wildman–Crippen LogP) is 0.621. The van der Waals surface area contributed by atoms with Gasteiger partial charge in [0.2, 0.25) is 5.91 Å². The Labute approximate surface area is 136 Å². The van der Waals surface area contributed by atoms with E-state index in [9.17, 15) is 9.59 Å². The monoisotopic (exact) mass is 322 g/mol. The Morgan fingerprint density at radius 2 is 2.26 bits per heavy atom. The van der Waals surface area contributed by atoms with Gasteiger partial charge in [-0.3, -0.25) is 9.69 Å². The number of aromatic nitrogens is 1. The molecule has 1 aliphatic heterocycles. The molecule has 2 heterocycles. The van der Waals surface area contributed by atoms with Crippen molar-refractivity contribution in [2.75, 3.05) is 26.7 Å². The van der Waals surface area contributed by atoms with Crippen molar-refractivity contribution in [3.05, 3.63) is 23.5 Å². The molecular formula is C16H26N4O3. The Morgan fingerprint density at radius 3 is 3.00 bits per heavy atom. The van der Waals surface area contributed by atoms with Gasteiger partial charge in [-0.05, 0) is 31.5 Å². The van der Waals surface area contributed by atoms with Crippen LogP contribution in [-0.4, -0.2) is 54.5 Å². The smallest absolute Gasteiger partial charge is 0.354 e. The minimum atomic E-state index is -0.361. The Hall–Kier alpha value is -1.86. The van der Waals surface area contributed by atoms with Crippen molar-refractivity contribution in [3.63, 3.8) is 0 Å². The lowest BCUT2D eigenvalue weighted by Gasteiger charge is -2.35. The fourth-order valence-electron chi connectivity index (χ4n) is 2.93. The number of amides is 1. The SMILES string of the molecule is COC(=O)c1ccc(CN2CCCCC2CNC(=O)CCN)[nH]1. The largest absolute Gasteiger partial charge is 0.464 e. The van der Waals surface area contributed by atoms with Crippen molar-refractivity contribution in [3.8, 4) is 0 Å². The van der Waals surface area contributed by atoms with Crippen molar-refractivity contribution in [1.29, 1.82) is 0 Å². The van der Waals surface area contributed by atoms with Crippen LogP contribution in [0.25, 0.3) is 0 Å². The number of nitrogens with two attached hydrogens (primary N) is 1. The summed E-state index contributed by atoms with van der Waals surface area (Å²) in [5.74, 6) is -0.355. The Kier molecular flexibility index (Phi) is 6.61. The molecule has 0 radical (unpaired) electrons. The predicted molar refractivity (Wildman–Crippen MR) is 86.9 cm³/mol. The van der Waals surface area contributed by atoms with E-state index in [1.54, 1.807) is 6.07 Å². The molecular weight excluding hydrogens is 296 g/mol. The minimum Gasteiger partial charge on any atom is -0.464 e. The fourth-order valence-corrected chi connectivity index (χ4v) is 2.93. The first-order valence-electron chi connectivity index (χ1n) is 8.11. The number of H-pyrrole nitrogens is 1. The number of esters is 1. The molecule has 1 aromatic rings. The van der Waals surface area contributed by atoms with Crippen LogP contribution < -0.4 is 11.1 Å². The van der Waals surface area contributed by atoms with Gasteiger partial charge in [-0.1, -0.05) is 6.42 Å². The van der Waals surface area contributed by atoms with E-state index < -0.39 is 0 Å². The number of carbonyl (C=O) groups is 2. The number of aromatic amines is 1. The molecule has 1 unspecified atom stereocenters. The molecule has 0 saturated carbocycles. The van der Waals surface area contributed by atoms with Gasteiger partial charge in [0.15, 0.2) is 0 Å². The highest BCUT2D eigenvalue weighted by Crippen LogP contribution is 2.19. The third-order valence-electron chi connectivity index (χ3n) is 4.18. The maximum absolute atomic E-state index is 11.6. The van der Waals surface area contributed by atoms with E-state index in [1.807, 2.05) is 6.07 Å². The quantitative estimate of drug-likeness (QED) is 0.639. The van der Waals surface area contributed by atoms with E-state index in [2.05, 4.69) is 15.2 Å². The van der Waals surface area contributed by atoms with Crippen molar-refractivity contribution in [2.45, 2.75) is 38.3 Å². The molecule has 1 amide bonds. The van der Waals surface area contributed by atoms with E-state index in [4.69, 9.17) is 10.5 Å². The average molecular weight is 322 g/mol. The summed E-state index contributed by atoms with van der Waals surface area (Å²) in [5.41, 5.74) is 6.84. The summed E-state index contributed by atoms with van der Waals surface area (Å²) in [6, 6.07) is 3.96. The molecule has 1 fully saturated rings. The highest BCUT2D eigenvalue weighted by molar-refractivity contribution is 5.87. The number of hydrogen-bond acceptors (Lipinski definition) is 5. The molecule has 7 nitrogen and oxygen atoms in total. The molecule has 128 valence electrons. The van der Waals surface area contributed by atoms with Gasteiger partial charge in [-0.25, -0.2) is 4.79 Å². The third kappa shape index (κ3) is 5.07. The van der Waals surface area contributed by atoms with Crippen LogP contribution in [-0.2, 0) is 16.1 Å². The number of hydrogen-bond donors (Lipinski definition) is 3. The summed E-state index contributed by atoms with van der Waals surface area (Å²) in [4.78, 5) is 28.5. The van der Waals surface area contributed by atoms with Crippen molar-refractivity contribution < 1.29 is 14.3 Å². The first-order valence-corrected chi connectivity index (χ1v) is 8.11. The molecule has 0 bridgehead atoms. The Balaban J connectivity index is 1.91. The van der Waals surface area contributed by atoms with Gasteiger partial charge in [-0.15, -0.1) is 0 Å². The van der Waals surface area contributed by atoms with Gasteiger partial charge in [0, 0.05) is 37.8 Å². The number of nitrogens with one attached hydrogen (secondary N) is 2. The second kappa shape index (κ2) is 8.69. The number of methoxy groups -OCH3 is 1. The molecule has 1 aliphatic rings. The topological polar surface area (TPSA) is 100 Å². The van der Waals surface area contributed by atoms with E-state index in [0.29, 0.717) is 31.2 Å². The zero-order chi connectivity index (χ0) is 16.7. The number of rotatable bonds is 7. The molecule has 0 aromatic carbocycles. The summed E-state index contributed by atoms with van der Waals surface area (Å²) in [7, 11) is 1.37. The number of nitrogens with zero attached hydrogens (tertiary/aromatic N) is 1. The Bertz CT molecular complexity index is 529. The second-order valence-corrected chi connectivity index (χ2v) is 5.85. The van der Waals surface area contributed by atoms with Gasteiger partial charge in [0.25, 0.3) is 0 Å². The number of piperidine rings is 1. The lowest BCUT2D eigenvalue weighted by molar-refractivity contribution is -0.121. The number of likely N-dealkylation sites (tertiary alicyclic amines) is 1. The molecule has 1 atom stereocenters. The van der Waals surface area contributed by atoms with Gasteiger partial charge in [0.1, 0.15) is 5.69 Å².